The predicted octanol–water partition coefficient (Wildman–Crippen LogP) is 3.36. The van der Waals surface area contributed by atoms with Crippen LogP contribution in [0.25, 0.3) is 0 Å². The molecule has 4 nitrogen and oxygen atoms in total. The first kappa shape index (κ1) is 23.5. The van der Waals surface area contributed by atoms with Gasteiger partial charge in [-0.3, -0.25) is 5.32 Å². The molecule has 2 atom stereocenters. The molecule has 26 heavy (non-hydrogen) atoms. The number of halogens is 3. The maximum atomic E-state index is 13.3. The van der Waals surface area contributed by atoms with E-state index in [1.807, 2.05) is 33.9 Å². The highest BCUT2D eigenvalue weighted by atomic mass is 32.2. The Balaban J connectivity index is 2.92. The minimum absolute atomic E-state index is 0.0264. The van der Waals surface area contributed by atoms with Gasteiger partial charge in [-0.2, -0.15) is 13.2 Å². The first-order valence-corrected chi connectivity index (χ1v) is 13.6. The summed E-state index contributed by atoms with van der Waals surface area (Å²) in [6.45, 7) is 9.88. The van der Waals surface area contributed by atoms with Gasteiger partial charge in [-0.1, -0.05) is 32.6 Å². The normalized spacial score (nSPS) is 18.8. The molecule has 0 aromatic rings. The standard InChI is InChI=1S/C17H30F3NO3SSi/c1-16(2,3)26(5,6)24-11-14(12-25(4,22)23)21-15(17(18,19)20)10-9-13-7-8-13/h13-15,21H,7-8,11-12H2,1-6H3/t14-,15?/m1/s1. The summed E-state index contributed by atoms with van der Waals surface area (Å²) in [6.07, 6.45) is -1.93. The second-order valence-electron chi connectivity index (χ2n) is 8.56. The maximum absolute atomic E-state index is 13.3. The minimum atomic E-state index is -4.57. The molecule has 0 spiro atoms. The lowest BCUT2D eigenvalue weighted by molar-refractivity contribution is -0.144. The van der Waals surface area contributed by atoms with Crippen molar-refractivity contribution in [2.75, 3.05) is 18.6 Å². The van der Waals surface area contributed by atoms with Crippen LogP contribution in [0.5, 0.6) is 0 Å². The van der Waals surface area contributed by atoms with Crippen LogP contribution < -0.4 is 5.32 Å². The van der Waals surface area contributed by atoms with Crippen molar-refractivity contribution in [1.82, 2.24) is 5.32 Å². The second kappa shape index (κ2) is 8.21. The minimum Gasteiger partial charge on any atom is -0.415 e. The van der Waals surface area contributed by atoms with E-state index in [1.165, 1.54) is 0 Å². The van der Waals surface area contributed by atoms with E-state index < -0.39 is 42.2 Å². The van der Waals surface area contributed by atoms with Crippen LogP contribution in [0.4, 0.5) is 13.2 Å². The third kappa shape index (κ3) is 8.42. The van der Waals surface area contributed by atoms with Crippen LogP contribution in [0, 0.1) is 17.8 Å². The Labute approximate surface area is 156 Å². The van der Waals surface area contributed by atoms with Gasteiger partial charge in [0, 0.05) is 18.2 Å². The molecule has 1 fully saturated rings. The van der Waals surface area contributed by atoms with E-state index in [4.69, 9.17) is 4.43 Å². The summed E-state index contributed by atoms with van der Waals surface area (Å²) in [5.74, 6) is 4.45. The van der Waals surface area contributed by atoms with Crippen LogP contribution >= 0.6 is 0 Å². The quantitative estimate of drug-likeness (QED) is 0.514. The van der Waals surface area contributed by atoms with E-state index in [-0.39, 0.29) is 17.6 Å². The maximum Gasteiger partial charge on any atom is 0.415 e. The molecule has 0 aromatic heterocycles. The second-order valence-corrected chi connectivity index (χ2v) is 15.6. The van der Waals surface area contributed by atoms with Gasteiger partial charge in [-0.25, -0.2) is 8.42 Å². The molecular formula is C17H30F3NO3SSi. The van der Waals surface area contributed by atoms with Crippen LogP contribution in [-0.4, -0.2) is 53.6 Å². The van der Waals surface area contributed by atoms with Gasteiger partial charge in [-0.05, 0) is 31.0 Å². The van der Waals surface area contributed by atoms with Crippen LogP contribution in [0.3, 0.4) is 0 Å². The zero-order valence-corrected chi connectivity index (χ0v) is 18.1. The van der Waals surface area contributed by atoms with Crippen molar-refractivity contribution in [3.05, 3.63) is 0 Å². The fourth-order valence-corrected chi connectivity index (χ4v) is 3.89. The average Bonchev–Trinajstić information content (AvgIpc) is 3.20. The van der Waals surface area contributed by atoms with Crippen LogP contribution in [0.15, 0.2) is 0 Å². The number of rotatable bonds is 7. The van der Waals surface area contributed by atoms with Crippen molar-refractivity contribution in [1.29, 1.82) is 0 Å². The highest BCUT2D eigenvalue weighted by molar-refractivity contribution is 7.90. The van der Waals surface area contributed by atoms with Crippen molar-refractivity contribution in [2.45, 2.75) is 70.0 Å². The molecule has 1 rings (SSSR count). The number of nitrogens with one attached hydrogen (secondary N) is 1. The molecule has 9 heteroatoms. The fourth-order valence-electron chi connectivity index (χ4n) is 1.92. The number of hydrogen-bond acceptors (Lipinski definition) is 4. The van der Waals surface area contributed by atoms with Gasteiger partial charge in [0.15, 0.2) is 14.4 Å². The Morgan fingerprint density at radius 3 is 2.15 bits per heavy atom. The molecular weight excluding hydrogens is 383 g/mol. The molecule has 0 radical (unpaired) electrons. The number of alkyl halides is 3. The van der Waals surface area contributed by atoms with Gasteiger partial charge >= 0.3 is 6.18 Å². The monoisotopic (exact) mass is 413 g/mol. The molecule has 0 amide bonds. The van der Waals surface area contributed by atoms with Crippen molar-refractivity contribution >= 4 is 18.2 Å². The first-order valence-electron chi connectivity index (χ1n) is 8.67. The fraction of sp³-hybridized carbons (Fsp3) is 0.882. The summed E-state index contributed by atoms with van der Waals surface area (Å²) in [4.78, 5) is 0. The Morgan fingerprint density at radius 1 is 1.23 bits per heavy atom. The Bertz CT molecular complexity index is 641. The third-order valence-corrected chi connectivity index (χ3v) is 10.2. The van der Waals surface area contributed by atoms with Gasteiger partial charge in [0.1, 0.15) is 9.84 Å². The molecule has 0 bridgehead atoms. The predicted molar refractivity (Wildman–Crippen MR) is 100 cm³/mol. The van der Waals surface area contributed by atoms with Gasteiger partial charge in [0.2, 0.25) is 0 Å². The Kier molecular flexibility index (Phi) is 7.41. The highest BCUT2D eigenvalue weighted by Crippen LogP contribution is 2.36. The third-order valence-electron chi connectivity index (χ3n) is 4.69. The van der Waals surface area contributed by atoms with E-state index in [1.54, 1.807) is 0 Å². The Morgan fingerprint density at radius 2 is 1.77 bits per heavy atom. The lowest BCUT2D eigenvalue weighted by Crippen LogP contribution is -2.53. The molecule has 1 unspecified atom stereocenters. The van der Waals surface area contributed by atoms with Gasteiger partial charge in [0.25, 0.3) is 0 Å². The molecule has 1 saturated carbocycles. The molecule has 0 aliphatic heterocycles. The molecule has 0 heterocycles. The van der Waals surface area contributed by atoms with Crippen LogP contribution in [0.2, 0.25) is 18.1 Å². The van der Waals surface area contributed by atoms with Crippen molar-refractivity contribution in [3.63, 3.8) is 0 Å². The molecule has 1 N–H and O–H groups in total. The van der Waals surface area contributed by atoms with E-state index in [2.05, 4.69) is 17.2 Å². The van der Waals surface area contributed by atoms with Crippen molar-refractivity contribution < 1.29 is 26.0 Å². The largest absolute Gasteiger partial charge is 0.415 e. The van der Waals surface area contributed by atoms with Gasteiger partial charge < -0.3 is 4.43 Å². The zero-order valence-electron chi connectivity index (χ0n) is 16.3. The molecule has 0 aromatic carbocycles. The summed E-state index contributed by atoms with van der Waals surface area (Å²) in [5, 5.41) is 2.25. The smallest absolute Gasteiger partial charge is 0.415 e. The van der Waals surface area contributed by atoms with E-state index in [0.29, 0.717) is 0 Å². The first-order chi connectivity index (χ1) is 11.5. The summed E-state index contributed by atoms with van der Waals surface area (Å²) in [6, 6.07) is -3.03. The topological polar surface area (TPSA) is 55.4 Å². The van der Waals surface area contributed by atoms with E-state index >= 15 is 0 Å². The van der Waals surface area contributed by atoms with E-state index in [9.17, 15) is 21.6 Å². The van der Waals surface area contributed by atoms with Gasteiger partial charge in [-0.15, -0.1) is 0 Å². The van der Waals surface area contributed by atoms with E-state index in [0.717, 1.165) is 19.1 Å². The molecule has 152 valence electrons. The lowest BCUT2D eigenvalue weighted by atomic mass is 10.2. The molecule has 1 aliphatic rings. The SMILES string of the molecule is CC(C)(C)[Si](C)(C)OC[C@H](CS(C)(=O)=O)NC(C#CC1CC1)C(F)(F)F. The number of hydrogen-bond donors (Lipinski definition) is 1. The highest BCUT2D eigenvalue weighted by Gasteiger charge is 2.42. The number of sulfone groups is 1. The summed E-state index contributed by atoms with van der Waals surface area (Å²) < 4.78 is 69.2. The van der Waals surface area contributed by atoms with Crippen LogP contribution in [-0.2, 0) is 14.3 Å². The summed E-state index contributed by atoms with van der Waals surface area (Å²) in [5.41, 5.74) is 0. The van der Waals surface area contributed by atoms with Crippen molar-refractivity contribution in [2.24, 2.45) is 5.92 Å². The molecule has 0 saturated heterocycles. The van der Waals surface area contributed by atoms with Gasteiger partial charge in [0.05, 0.1) is 12.4 Å². The lowest BCUT2D eigenvalue weighted by Gasteiger charge is -2.37. The Hall–Kier alpha value is -0.563. The molecule has 1 aliphatic carbocycles. The summed E-state index contributed by atoms with van der Waals surface area (Å²) >= 11 is 0. The van der Waals surface area contributed by atoms with Crippen LogP contribution in [0.1, 0.15) is 33.6 Å². The summed E-state index contributed by atoms with van der Waals surface area (Å²) in [7, 11) is -5.70. The zero-order chi connectivity index (χ0) is 20.4. The van der Waals surface area contributed by atoms with Crippen molar-refractivity contribution in [3.8, 4) is 11.8 Å². The average molecular weight is 414 g/mol.